The van der Waals surface area contributed by atoms with Crippen LogP contribution >= 0.6 is 11.6 Å². The van der Waals surface area contributed by atoms with E-state index in [4.69, 9.17) is 16.3 Å². The number of rotatable bonds is 3. The van der Waals surface area contributed by atoms with Crippen LogP contribution < -0.4 is 0 Å². The fraction of sp³-hybridized carbons (Fsp3) is 0.214. The Morgan fingerprint density at radius 3 is 2.61 bits per heavy atom. The average molecular weight is 265 g/mol. The molecule has 4 heteroatoms. The van der Waals surface area contributed by atoms with Crippen LogP contribution in [0.4, 0.5) is 0 Å². The second kappa shape index (κ2) is 4.86. The van der Waals surface area contributed by atoms with E-state index in [1.165, 1.54) is 19.3 Å². The second-order valence-electron chi connectivity index (χ2n) is 4.10. The van der Waals surface area contributed by atoms with Gasteiger partial charge in [0.15, 0.2) is 11.5 Å². The highest BCUT2D eigenvalue weighted by atomic mass is 35.5. The van der Waals surface area contributed by atoms with E-state index in [1.807, 2.05) is 30.3 Å². The third kappa shape index (κ3) is 2.14. The summed E-state index contributed by atoms with van der Waals surface area (Å²) in [4.78, 5) is 10.1. The van der Waals surface area contributed by atoms with Crippen LogP contribution in [0.5, 0.6) is 0 Å². The molecule has 0 radical (unpaired) electrons. The Balaban J connectivity index is 2.48. The molecule has 94 valence electrons. The molecule has 0 bridgehead atoms. The van der Waals surface area contributed by atoms with Gasteiger partial charge >= 0.3 is 0 Å². The zero-order valence-corrected chi connectivity index (χ0v) is 10.6. The summed E-state index contributed by atoms with van der Waals surface area (Å²) in [6, 6.07) is 9.32. The number of aliphatic hydroxyl groups is 1. The third-order valence-corrected chi connectivity index (χ3v) is 3.40. The first-order chi connectivity index (χ1) is 8.60. The number of aldehydes is 1. The molecule has 1 aromatic rings. The number of allylic oxidation sites excluding steroid dienone is 2. The van der Waals surface area contributed by atoms with Crippen LogP contribution in [0.15, 0.2) is 54.0 Å². The molecule has 0 aromatic heterocycles. The zero-order valence-electron chi connectivity index (χ0n) is 9.84. The fourth-order valence-corrected chi connectivity index (χ4v) is 2.30. The summed E-state index contributed by atoms with van der Waals surface area (Å²) in [7, 11) is 1.42. The van der Waals surface area contributed by atoms with Gasteiger partial charge in [-0.1, -0.05) is 30.3 Å². The van der Waals surface area contributed by atoms with Crippen LogP contribution in [-0.2, 0) is 9.53 Å². The van der Waals surface area contributed by atoms with Gasteiger partial charge in [0.05, 0.1) is 7.11 Å². The van der Waals surface area contributed by atoms with Crippen LogP contribution in [0.2, 0.25) is 0 Å². The van der Waals surface area contributed by atoms with Crippen LogP contribution in [0.1, 0.15) is 11.5 Å². The van der Waals surface area contributed by atoms with Gasteiger partial charge in [0, 0.05) is 5.92 Å². The van der Waals surface area contributed by atoms with Crippen molar-refractivity contribution in [3.63, 3.8) is 0 Å². The molecule has 0 aliphatic heterocycles. The summed E-state index contributed by atoms with van der Waals surface area (Å²) in [6.45, 7) is 0. The van der Waals surface area contributed by atoms with E-state index in [-0.39, 0.29) is 11.5 Å². The number of carbonyl (C=O) groups excluding carboxylic acids is 1. The predicted molar refractivity (Wildman–Crippen MR) is 69.6 cm³/mol. The van der Waals surface area contributed by atoms with Gasteiger partial charge in [-0.3, -0.25) is 0 Å². The maximum absolute atomic E-state index is 11.3. The molecule has 1 N–H and O–H groups in total. The van der Waals surface area contributed by atoms with Crippen molar-refractivity contribution in [3.8, 4) is 0 Å². The number of aliphatic hydroxyl groups excluding tert-OH is 1. The molecule has 2 rings (SSSR count). The van der Waals surface area contributed by atoms with Crippen molar-refractivity contribution in [3.05, 3.63) is 59.6 Å². The molecular weight excluding hydrogens is 252 g/mol. The van der Waals surface area contributed by atoms with Crippen molar-refractivity contribution >= 4 is 17.9 Å². The average Bonchev–Trinajstić information content (AvgIpc) is 2.42. The van der Waals surface area contributed by atoms with Crippen LogP contribution in [0.25, 0.3) is 0 Å². The van der Waals surface area contributed by atoms with E-state index in [1.54, 1.807) is 0 Å². The van der Waals surface area contributed by atoms with Gasteiger partial charge in [0.1, 0.15) is 11.2 Å². The summed E-state index contributed by atoms with van der Waals surface area (Å²) in [5, 5.41) is 9.82. The highest BCUT2D eigenvalue weighted by Gasteiger charge is 2.39. The third-order valence-electron chi connectivity index (χ3n) is 2.97. The highest BCUT2D eigenvalue weighted by Crippen LogP contribution is 2.40. The second-order valence-corrected chi connectivity index (χ2v) is 4.75. The Morgan fingerprint density at radius 2 is 2.06 bits per heavy atom. The lowest BCUT2D eigenvalue weighted by atomic mass is 9.82. The topological polar surface area (TPSA) is 46.5 Å². The maximum Gasteiger partial charge on any atom is 0.158 e. The molecule has 0 saturated heterocycles. The van der Waals surface area contributed by atoms with Gasteiger partial charge in [-0.05, 0) is 17.7 Å². The first-order valence-corrected chi connectivity index (χ1v) is 5.86. The van der Waals surface area contributed by atoms with Gasteiger partial charge in [-0.2, -0.15) is 0 Å². The van der Waals surface area contributed by atoms with Crippen molar-refractivity contribution < 1.29 is 14.6 Å². The van der Waals surface area contributed by atoms with Gasteiger partial charge in [0.2, 0.25) is 0 Å². The smallest absolute Gasteiger partial charge is 0.158 e. The molecular formula is C14H13ClO3. The number of methoxy groups -OCH3 is 1. The quantitative estimate of drug-likeness (QED) is 0.674. The molecule has 1 aliphatic carbocycles. The molecule has 18 heavy (non-hydrogen) atoms. The van der Waals surface area contributed by atoms with E-state index in [0.29, 0.717) is 6.29 Å². The first-order valence-electron chi connectivity index (χ1n) is 5.49. The number of halogens is 1. The number of carbonyl (C=O) groups is 1. The highest BCUT2D eigenvalue weighted by molar-refractivity contribution is 6.34. The number of alkyl halides is 1. The van der Waals surface area contributed by atoms with E-state index in [0.717, 1.165) is 5.56 Å². The molecule has 0 heterocycles. The van der Waals surface area contributed by atoms with Crippen LogP contribution in [-0.4, -0.2) is 23.4 Å². The SMILES string of the molecule is COC1=CC(Cl)(C=O)C(c2ccccc2)C=C1O. The van der Waals surface area contributed by atoms with E-state index < -0.39 is 10.8 Å². The molecule has 0 amide bonds. The Morgan fingerprint density at radius 1 is 1.39 bits per heavy atom. The van der Waals surface area contributed by atoms with E-state index in [2.05, 4.69) is 0 Å². The molecule has 3 nitrogen and oxygen atoms in total. The molecule has 1 aliphatic rings. The van der Waals surface area contributed by atoms with Crippen molar-refractivity contribution in [2.45, 2.75) is 10.8 Å². The normalized spacial score (nSPS) is 27.1. The lowest BCUT2D eigenvalue weighted by molar-refractivity contribution is -0.109. The maximum atomic E-state index is 11.3. The van der Waals surface area contributed by atoms with Crippen LogP contribution in [0.3, 0.4) is 0 Å². The van der Waals surface area contributed by atoms with Crippen molar-refractivity contribution in [2.75, 3.05) is 7.11 Å². The standard InChI is InChI=1S/C14H13ClO3/c1-18-13-8-14(15,9-16)11(7-12(13)17)10-5-3-2-4-6-10/h2-9,11,17H,1H3. The Labute approximate surface area is 110 Å². The van der Waals surface area contributed by atoms with Crippen LogP contribution in [0, 0.1) is 0 Å². The largest absolute Gasteiger partial charge is 0.504 e. The van der Waals surface area contributed by atoms with Gasteiger partial charge in [-0.15, -0.1) is 11.6 Å². The summed E-state index contributed by atoms with van der Waals surface area (Å²) in [5.74, 6) is -0.217. The molecule has 2 atom stereocenters. The Hall–Kier alpha value is -1.74. The van der Waals surface area contributed by atoms with Gasteiger partial charge in [0.25, 0.3) is 0 Å². The van der Waals surface area contributed by atoms with Crippen molar-refractivity contribution in [1.82, 2.24) is 0 Å². The molecule has 0 fully saturated rings. The van der Waals surface area contributed by atoms with Gasteiger partial charge < -0.3 is 14.6 Å². The first kappa shape index (κ1) is 12.7. The number of hydrogen-bond acceptors (Lipinski definition) is 3. The summed E-state index contributed by atoms with van der Waals surface area (Å²) in [5.41, 5.74) is 0.859. The van der Waals surface area contributed by atoms with Crippen molar-refractivity contribution in [1.29, 1.82) is 0 Å². The van der Waals surface area contributed by atoms with E-state index >= 15 is 0 Å². The summed E-state index contributed by atoms with van der Waals surface area (Å²) < 4.78 is 4.98. The van der Waals surface area contributed by atoms with E-state index in [9.17, 15) is 9.90 Å². The summed E-state index contributed by atoms with van der Waals surface area (Å²) >= 11 is 6.32. The minimum absolute atomic E-state index is 0.00974. The Bertz CT molecular complexity index is 507. The molecule has 0 saturated carbocycles. The molecule has 0 spiro atoms. The minimum Gasteiger partial charge on any atom is -0.504 e. The Kier molecular flexibility index (Phi) is 3.43. The van der Waals surface area contributed by atoms with Crippen molar-refractivity contribution in [2.24, 2.45) is 0 Å². The fourth-order valence-electron chi connectivity index (χ4n) is 2.02. The number of ether oxygens (including phenoxy) is 1. The lowest BCUT2D eigenvalue weighted by Crippen LogP contribution is -2.32. The minimum atomic E-state index is -1.24. The predicted octanol–water partition coefficient (Wildman–Crippen LogP) is 2.93. The monoisotopic (exact) mass is 264 g/mol. The van der Waals surface area contributed by atoms with Gasteiger partial charge in [-0.25, -0.2) is 0 Å². The summed E-state index contributed by atoms with van der Waals surface area (Å²) in [6.07, 6.45) is 3.64. The number of hydrogen-bond donors (Lipinski definition) is 1. The molecule has 1 aromatic carbocycles. The zero-order chi connectivity index (χ0) is 13.2. The molecule has 2 unspecified atom stereocenters. The lowest BCUT2D eigenvalue weighted by Gasteiger charge is -2.30. The number of benzene rings is 1.